The van der Waals surface area contributed by atoms with Crippen LogP contribution >= 0.6 is 0 Å². The highest BCUT2D eigenvalue weighted by molar-refractivity contribution is 5.91. The van der Waals surface area contributed by atoms with E-state index in [-0.39, 0.29) is 18.7 Å². The summed E-state index contributed by atoms with van der Waals surface area (Å²) in [6.45, 7) is 0.982. The van der Waals surface area contributed by atoms with E-state index < -0.39 is 0 Å². The van der Waals surface area contributed by atoms with E-state index in [0.29, 0.717) is 11.8 Å². The Balaban J connectivity index is 1.49. The first-order chi connectivity index (χ1) is 11.2. The van der Waals surface area contributed by atoms with Crippen molar-refractivity contribution in [2.45, 2.75) is 44.6 Å². The van der Waals surface area contributed by atoms with Crippen molar-refractivity contribution in [3.05, 3.63) is 24.3 Å². The van der Waals surface area contributed by atoms with Gasteiger partial charge in [-0.2, -0.15) is 0 Å². The van der Waals surface area contributed by atoms with Crippen LogP contribution in [-0.2, 0) is 0 Å². The minimum absolute atomic E-state index is 0.181. The lowest BCUT2D eigenvalue weighted by atomic mass is 9.87. The second-order valence-electron chi connectivity index (χ2n) is 6.75. The predicted molar refractivity (Wildman–Crippen MR) is 89.6 cm³/mol. The van der Waals surface area contributed by atoms with E-state index in [0.717, 1.165) is 43.7 Å². The Kier molecular flexibility index (Phi) is 5.39. The fraction of sp³-hybridized carbons (Fsp3) is 0.611. The van der Waals surface area contributed by atoms with Crippen LogP contribution in [0.2, 0.25) is 0 Å². The molecule has 1 aromatic carbocycles. The summed E-state index contributed by atoms with van der Waals surface area (Å²) in [7, 11) is 0. The maximum Gasteiger partial charge on any atom is 0.319 e. The second-order valence-corrected chi connectivity index (χ2v) is 6.75. The van der Waals surface area contributed by atoms with E-state index in [9.17, 15) is 4.79 Å². The normalized spacial score (nSPS) is 24.0. The third-order valence-electron chi connectivity index (χ3n) is 4.75. The number of ether oxygens (including phenoxy) is 1. The number of para-hydroxylation sites is 2. The van der Waals surface area contributed by atoms with Crippen molar-refractivity contribution in [1.29, 1.82) is 0 Å². The van der Waals surface area contributed by atoms with Gasteiger partial charge in [0.05, 0.1) is 12.3 Å². The van der Waals surface area contributed by atoms with Crippen LogP contribution in [0.3, 0.4) is 0 Å². The summed E-state index contributed by atoms with van der Waals surface area (Å²) >= 11 is 0. The van der Waals surface area contributed by atoms with Gasteiger partial charge in [0.15, 0.2) is 0 Å². The highest BCUT2D eigenvalue weighted by atomic mass is 16.5. The molecule has 5 heteroatoms. The third kappa shape index (κ3) is 4.86. The number of nitrogens with one attached hydrogen (secondary N) is 2. The van der Waals surface area contributed by atoms with Gasteiger partial charge in [-0.3, -0.25) is 0 Å². The Morgan fingerprint density at radius 1 is 1.09 bits per heavy atom. The maximum atomic E-state index is 12.2. The molecule has 0 bridgehead atoms. The van der Waals surface area contributed by atoms with Crippen molar-refractivity contribution in [2.24, 2.45) is 11.8 Å². The Morgan fingerprint density at radius 2 is 1.78 bits per heavy atom. The van der Waals surface area contributed by atoms with E-state index in [1.54, 1.807) is 0 Å². The molecule has 23 heavy (non-hydrogen) atoms. The summed E-state index contributed by atoms with van der Waals surface area (Å²) in [5, 5.41) is 15.1. The zero-order valence-corrected chi connectivity index (χ0v) is 13.5. The number of carbonyl (C=O) groups excluding carboxylic acids is 1. The largest absolute Gasteiger partial charge is 0.491 e. The number of anilines is 1. The summed E-state index contributed by atoms with van der Waals surface area (Å²) in [6.07, 6.45) is 6.29. The fourth-order valence-electron chi connectivity index (χ4n) is 3.02. The molecule has 2 saturated carbocycles. The van der Waals surface area contributed by atoms with Crippen molar-refractivity contribution in [3.8, 4) is 5.75 Å². The molecule has 2 fully saturated rings. The SMILES string of the molecule is O=C(Nc1ccccc1OCC1CC1)NC1CCC(CO)CC1. The maximum absolute atomic E-state index is 12.2. The molecule has 0 aromatic heterocycles. The molecular weight excluding hydrogens is 292 g/mol. The molecule has 1 aromatic rings. The van der Waals surface area contributed by atoms with Crippen LogP contribution in [-0.4, -0.2) is 30.4 Å². The van der Waals surface area contributed by atoms with Crippen LogP contribution in [0, 0.1) is 11.8 Å². The average Bonchev–Trinajstić information content (AvgIpc) is 3.39. The number of hydrogen-bond acceptors (Lipinski definition) is 3. The highest BCUT2D eigenvalue weighted by Gasteiger charge is 2.23. The lowest BCUT2D eigenvalue weighted by Crippen LogP contribution is -2.40. The van der Waals surface area contributed by atoms with E-state index in [1.807, 2.05) is 24.3 Å². The zero-order chi connectivity index (χ0) is 16.1. The van der Waals surface area contributed by atoms with E-state index >= 15 is 0 Å². The average molecular weight is 318 g/mol. The van der Waals surface area contributed by atoms with Crippen molar-refractivity contribution in [2.75, 3.05) is 18.5 Å². The van der Waals surface area contributed by atoms with Gasteiger partial charge in [-0.1, -0.05) is 12.1 Å². The molecule has 0 heterocycles. The van der Waals surface area contributed by atoms with Crippen LogP contribution in [0.5, 0.6) is 5.75 Å². The number of urea groups is 1. The first-order valence-electron chi connectivity index (χ1n) is 8.65. The Bertz CT molecular complexity index is 523. The number of hydrogen-bond donors (Lipinski definition) is 3. The van der Waals surface area contributed by atoms with Gasteiger partial charge in [0.2, 0.25) is 0 Å². The van der Waals surface area contributed by atoms with Crippen molar-refractivity contribution in [3.63, 3.8) is 0 Å². The van der Waals surface area contributed by atoms with Gasteiger partial charge in [0.1, 0.15) is 5.75 Å². The number of aliphatic hydroxyl groups excluding tert-OH is 1. The van der Waals surface area contributed by atoms with Crippen molar-refractivity contribution < 1.29 is 14.6 Å². The number of aliphatic hydroxyl groups is 1. The first kappa shape index (κ1) is 16.1. The third-order valence-corrected chi connectivity index (χ3v) is 4.75. The summed E-state index contributed by atoms with van der Waals surface area (Å²) in [5.41, 5.74) is 0.717. The first-order valence-corrected chi connectivity index (χ1v) is 8.65. The molecule has 3 N–H and O–H groups in total. The van der Waals surface area contributed by atoms with Crippen molar-refractivity contribution >= 4 is 11.7 Å². The Labute approximate surface area is 137 Å². The minimum atomic E-state index is -0.181. The van der Waals surface area contributed by atoms with Gasteiger partial charge >= 0.3 is 6.03 Å². The van der Waals surface area contributed by atoms with Crippen LogP contribution < -0.4 is 15.4 Å². The summed E-state index contributed by atoms with van der Waals surface area (Å²) in [5.74, 6) is 1.81. The standard InChI is InChI=1S/C18H26N2O3/c21-11-13-7-9-15(10-8-13)19-18(22)20-16-3-1-2-4-17(16)23-12-14-5-6-14/h1-4,13-15,21H,5-12H2,(H2,19,20,22). The van der Waals surface area contributed by atoms with Crippen molar-refractivity contribution in [1.82, 2.24) is 5.32 Å². The zero-order valence-electron chi connectivity index (χ0n) is 13.5. The molecule has 0 aliphatic heterocycles. The number of rotatable bonds is 6. The Hall–Kier alpha value is -1.75. The van der Waals surface area contributed by atoms with Crippen LogP contribution in [0.25, 0.3) is 0 Å². The van der Waals surface area contributed by atoms with Gasteiger partial charge in [-0.15, -0.1) is 0 Å². The predicted octanol–water partition coefficient (Wildman–Crippen LogP) is 3.15. The van der Waals surface area contributed by atoms with Crippen LogP contribution in [0.1, 0.15) is 38.5 Å². The van der Waals surface area contributed by atoms with E-state index in [2.05, 4.69) is 10.6 Å². The lowest BCUT2D eigenvalue weighted by Gasteiger charge is -2.28. The molecule has 0 atom stereocenters. The molecule has 0 radical (unpaired) electrons. The van der Waals surface area contributed by atoms with Gasteiger partial charge in [0.25, 0.3) is 0 Å². The number of amides is 2. The number of benzene rings is 1. The van der Waals surface area contributed by atoms with Gasteiger partial charge in [0, 0.05) is 12.6 Å². The molecule has 5 nitrogen and oxygen atoms in total. The van der Waals surface area contributed by atoms with E-state index in [1.165, 1.54) is 12.8 Å². The van der Waals surface area contributed by atoms with E-state index in [4.69, 9.17) is 9.84 Å². The fourth-order valence-corrected chi connectivity index (χ4v) is 3.02. The van der Waals surface area contributed by atoms with Crippen LogP contribution in [0.4, 0.5) is 10.5 Å². The quantitative estimate of drug-likeness (QED) is 0.754. The van der Waals surface area contributed by atoms with Gasteiger partial charge < -0.3 is 20.5 Å². The topological polar surface area (TPSA) is 70.6 Å². The molecule has 2 aliphatic carbocycles. The molecule has 2 amide bonds. The van der Waals surface area contributed by atoms with Crippen LogP contribution in [0.15, 0.2) is 24.3 Å². The summed E-state index contributed by atoms with van der Waals surface area (Å²) in [4.78, 5) is 12.2. The lowest BCUT2D eigenvalue weighted by molar-refractivity contribution is 0.176. The molecule has 126 valence electrons. The minimum Gasteiger partial charge on any atom is -0.491 e. The second kappa shape index (κ2) is 7.68. The molecular formula is C18H26N2O3. The molecule has 0 unspecified atom stereocenters. The smallest absolute Gasteiger partial charge is 0.319 e. The molecule has 0 spiro atoms. The number of carbonyl (C=O) groups is 1. The Morgan fingerprint density at radius 3 is 2.48 bits per heavy atom. The molecule has 2 aliphatic rings. The van der Waals surface area contributed by atoms with Gasteiger partial charge in [-0.25, -0.2) is 4.79 Å². The molecule has 3 rings (SSSR count). The highest BCUT2D eigenvalue weighted by Crippen LogP contribution is 2.31. The summed E-state index contributed by atoms with van der Waals surface area (Å²) in [6, 6.07) is 7.58. The molecule has 0 saturated heterocycles. The summed E-state index contributed by atoms with van der Waals surface area (Å²) < 4.78 is 5.81. The van der Waals surface area contributed by atoms with Gasteiger partial charge in [-0.05, 0) is 62.5 Å². The monoisotopic (exact) mass is 318 g/mol.